The average molecular weight is 419 g/mol. The maximum atomic E-state index is 12.8. The van der Waals surface area contributed by atoms with Gasteiger partial charge in [-0.2, -0.15) is 5.26 Å². The molecule has 0 aliphatic heterocycles. The standard InChI is InChI=1S/C24H22N2O3S/c1-28-20-11-9-17(12-21(20)29-2)23(27)26-24-19(14-25)18-10-8-16(13-22(18)30-24)15-6-4-3-5-7-15/h3-7,9,11-12,16H,8,10,13H2,1-2H3,(H,26,27). The van der Waals surface area contributed by atoms with E-state index in [4.69, 9.17) is 9.47 Å². The Kier molecular flexibility index (Phi) is 5.73. The Bertz CT molecular complexity index is 1120. The van der Waals surface area contributed by atoms with Gasteiger partial charge < -0.3 is 14.8 Å². The lowest BCUT2D eigenvalue weighted by Gasteiger charge is -2.22. The summed E-state index contributed by atoms with van der Waals surface area (Å²) in [7, 11) is 3.08. The number of hydrogen-bond acceptors (Lipinski definition) is 5. The summed E-state index contributed by atoms with van der Waals surface area (Å²) in [5, 5.41) is 13.3. The maximum absolute atomic E-state index is 12.8. The molecule has 0 spiro atoms. The summed E-state index contributed by atoms with van der Waals surface area (Å²) in [5.74, 6) is 1.22. The Morgan fingerprint density at radius 2 is 1.90 bits per heavy atom. The third-order valence-electron chi connectivity index (χ3n) is 5.52. The quantitative estimate of drug-likeness (QED) is 0.621. The molecule has 3 aromatic rings. The number of benzene rings is 2. The van der Waals surface area contributed by atoms with Crippen LogP contribution in [0.2, 0.25) is 0 Å². The Hall–Kier alpha value is -3.30. The van der Waals surface area contributed by atoms with Crippen molar-refractivity contribution in [2.75, 3.05) is 19.5 Å². The van der Waals surface area contributed by atoms with Crippen LogP contribution in [0.1, 0.15) is 44.3 Å². The number of methoxy groups -OCH3 is 2. The van der Waals surface area contributed by atoms with Gasteiger partial charge in [-0.15, -0.1) is 11.3 Å². The van der Waals surface area contributed by atoms with E-state index in [0.717, 1.165) is 24.8 Å². The molecule has 0 saturated carbocycles. The van der Waals surface area contributed by atoms with Crippen LogP contribution < -0.4 is 14.8 Å². The predicted octanol–water partition coefficient (Wildman–Crippen LogP) is 5.16. The number of nitrogens with zero attached hydrogens (tertiary/aromatic N) is 1. The van der Waals surface area contributed by atoms with Gasteiger partial charge in [0.05, 0.1) is 19.8 Å². The van der Waals surface area contributed by atoms with Gasteiger partial charge in [-0.1, -0.05) is 30.3 Å². The minimum Gasteiger partial charge on any atom is -0.493 e. The van der Waals surface area contributed by atoms with E-state index in [1.165, 1.54) is 28.9 Å². The number of nitrogens with one attached hydrogen (secondary N) is 1. The highest BCUT2D eigenvalue weighted by Crippen LogP contribution is 2.42. The van der Waals surface area contributed by atoms with Crippen LogP contribution in [0.5, 0.6) is 11.5 Å². The van der Waals surface area contributed by atoms with Gasteiger partial charge in [0, 0.05) is 10.4 Å². The number of carbonyl (C=O) groups excluding carboxylic acids is 1. The molecule has 0 bridgehead atoms. The molecule has 5 nitrogen and oxygen atoms in total. The molecule has 1 unspecified atom stereocenters. The molecule has 1 aromatic heterocycles. The first-order valence-electron chi connectivity index (χ1n) is 9.77. The molecule has 1 aliphatic carbocycles. The number of anilines is 1. The van der Waals surface area contributed by atoms with Gasteiger partial charge in [0.25, 0.3) is 5.91 Å². The van der Waals surface area contributed by atoms with Crippen LogP contribution in [-0.4, -0.2) is 20.1 Å². The summed E-state index contributed by atoms with van der Waals surface area (Å²) in [5.41, 5.74) is 3.45. The predicted molar refractivity (Wildman–Crippen MR) is 118 cm³/mol. The highest BCUT2D eigenvalue weighted by Gasteiger charge is 2.27. The number of carbonyl (C=O) groups is 1. The van der Waals surface area contributed by atoms with Crippen molar-refractivity contribution in [3.63, 3.8) is 0 Å². The Labute approximate surface area is 179 Å². The summed E-state index contributed by atoms with van der Waals surface area (Å²) >= 11 is 1.52. The first-order chi connectivity index (χ1) is 14.6. The molecule has 152 valence electrons. The maximum Gasteiger partial charge on any atom is 0.256 e. The van der Waals surface area contributed by atoms with E-state index in [2.05, 4.69) is 35.7 Å². The van der Waals surface area contributed by atoms with E-state index in [1.807, 2.05) is 6.07 Å². The van der Waals surface area contributed by atoms with Crippen molar-refractivity contribution in [2.24, 2.45) is 0 Å². The van der Waals surface area contributed by atoms with Crippen molar-refractivity contribution in [3.05, 3.63) is 75.7 Å². The van der Waals surface area contributed by atoms with Crippen molar-refractivity contribution in [3.8, 4) is 17.6 Å². The summed E-state index contributed by atoms with van der Waals surface area (Å²) in [6.45, 7) is 0. The molecule has 1 heterocycles. The molecule has 1 amide bonds. The monoisotopic (exact) mass is 418 g/mol. The normalized spacial score (nSPS) is 15.0. The fourth-order valence-corrected chi connectivity index (χ4v) is 5.23. The molecule has 1 aliphatic rings. The smallest absolute Gasteiger partial charge is 0.256 e. The van der Waals surface area contributed by atoms with Gasteiger partial charge in [-0.25, -0.2) is 0 Å². The van der Waals surface area contributed by atoms with E-state index in [0.29, 0.717) is 33.5 Å². The molecule has 0 saturated heterocycles. The van der Waals surface area contributed by atoms with Gasteiger partial charge >= 0.3 is 0 Å². The van der Waals surface area contributed by atoms with Gasteiger partial charge in [0.15, 0.2) is 11.5 Å². The van der Waals surface area contributed by atoms with Gasteiger partial charge in [0.2, 0.25) is 0 Å². The second-order valence-corrected chi connectivity index (χ2v) is 8.30. The third kappa shape index (κ3) is 3.77. The third-order valence-corrected chi connectivity index (χ3v) is 6.69. The van der Waals surface area contributed by atoms with E-state index in [-0.39, 0.29) is 5.91 Å². The molecule has 2 aromatic carbocycles. The lowest BCUT2D eigenvalue weighted by atomic mass is 9.83. The minimum absolute atomic E-state index is 0.273. The van der Waals surface area contributed by atoms with Crippen molar-refractivity contribution in [1.29, 1.82) is 5.26 Å². The van der Waals surface area contributed by atoms with Crippen LogP contribution in [-0.2, 0) is 12.8 Å². The van der Waals surface area contributed by atoms with Crippen LogP contribution in [0.25, 0.3) is 0 Å². The zero-order valence-corrected chi connectivity index (χ0v) is 17.7. The average Bonchev–Trinajstić information content (AvgIpc) is 3.15. The highest BCUT2D eigenvalue weighted by molar-refractivity contribution is 7.16. The molecule has 0 fully saturated rings. The Morgan fingerprint density at radius 1 is 1.13 bits per heavy atom. The van der Waals surface area contributed by atoms with Crippen LogP contribution in [0.15, 0.2) is 48.5 Å². The van der Waals surface area contributed by atoms with E-state index < -0.39 is 0 Å². The lowest BCUT2D eigenvalue weighted by molar-refractivity contribution is 0.102. The fraction of sp³-hybridized carbons (Fsp3) is 0.250. The van der Waals surface area contributed by atoms with E-state index in [1.54, 1.807) is 25.3 Å². The molecule has 0 radical (unpaired) electrons. The number of amides is 1. The number of fused-ring (bicyclic) bond motifs is 1. The number of hydrogen-bond donors (Lipinski definition) is 1. The van der Waals surface area contributed by atoms with Crippen molar-refractivity contribution < 1.29 is 14.3 Å². The first kappa shape index (κ1) is 20.0. The molecule has 30 heavy (non-hydrogen) atoms. The molecule has 1 N–H and O–H groups in total. The molecular formula is C24H22N2O3S. The van der Waals surface area contributed by atoms with Gasteiger partial charge in [0.1, 0.15) is 11.1 Å². The molecular weight excluding hydrogens is 396 g/mol. The van der Waals surface area contributed by atoms with Gasteiger partial charge in [-0.05, 0) is 54.5 Å². The second-order valence-electron chi connectivity index (χ2n) is 7.19. The minimum atomic E-state index is -0.273. The lowest BCUT2D eigenvalue weighted by Crippen LogP contribution is -2.12. The first-order valence-corrected chi connectivity index (χ1v) is 10.6. The fourth-order valence-electron chi connectivity index (χ4n) is 3.95. The van der Waals surface area contributed by atoms with E-state index in [9.17, 15) is 10.1 Å². The number of ether oxygens (including phenoxy) is 2. The van der Waals surface area contributed by atoms with Crippen LogP contribution in [0, 0.1) is 11.3 Å². The molecule has 6 heteroatoms. The van der Waals surface area contributed by atoms with Gasteiger partial charge in [-0.3, -0.25) is 4.79 Å². The highest BCUT2D eigenvalue weighted by atomic mass is 32.1. The largest absolute Gasteiger partial charge is 0.493 e. The second kappa shape index (κ2) is 8.60. The number of thiophene rings is 1. The summed E-state index contributed by atoms with van der Waals surface area (Å²) in [6, 6.07) is 17.8. The van der Waals surface area contributed by atoms with Crippen molar-refractivity contribution >= 4 is 22.2 Å². The molecule has 4 rings (SSSR count). The van der Waals surface area contributed by atoms with Crippen LogP contribution in [0.3, 0.4) is 0 Å². The zero-order chi connectivity index (χ0) is 21.1. The topological polar surface area (TPSA) is 71.3 Å². The summed E-state index contributed by atoms with van der Waals surface area (Å²) in [6.07, 6.45) is 2.75. The van der Waals surface area contributed by atoms with Crippen LogP contribution >= 0.6 is 11.3 Å². The van der Waals surface area contributed by atoms with Crippen LogP contribution in [0.4, 0.5) is 5.00 Å². The van der Waals surface area contributed by atoms with Crippen molar-refractivity contribution in [2.45, 2.75) is 25.2 Å². The SMILES string of the molecule is COc1ccc(C(=O)Nc2sc3c(c2C#N)CCC(c2ccccc2)C3)cc1OC. The van der Waals surface area contributed by atoms with E-state index >= 15 is 0 Å². The Balaban J connectivity index is 1.58. The zero-order valence-electron chi connectivity index (χ0n) is 16.9. The number of rotatable bonds is 5. The summed E-state index contributed by atoms with van der Waals surface area (Å²) in [4.78, 5) is 14.0. The molecule has 1 atom stereocenters. The van der Waals surface area contributed by atoms with Crippen molar-refractivity contribution in [1.82, 2.24) is 0 Å². The summed E-state index contributed by atoms with van der Waals surface area (Å²) < 4.78 is 10.5. The number of nitriles is 1. The Morgan fingerprint density at radius 3 is 2.60 bits per heavy atom.